The van der Waals surface area contributed by atoms with E-state index in [9.17, 15) is 4.39 Å². The maximum Gasteiger partial charge on any atom is 0.123 e. The van der Waals surface area contributed by atoms with Crippen molar-refractivity contribution in [1.29, 1.82) is 5.26 Å². The predicted octanol–water partition coefficient (Wildman–Crippen LogP) is 2.89. The minimum Gasteiger partial charge on any atom is -0.361 e. The molecule has 0 fully saturated rings. The minimum atomic E-state index is -0.260. The Morgan fingerprint density at radius 2 is 2.20 bits per heavy atom. The molecule has 2 rings (SSSR count). The molecule has 0 bridgehead atoms. The van der Waals surface area contributed by atoms with Gasteiger partial charge in [-0.1, -0.05) is 12.1 Å². The van der Waals surface area contributed by atoms with Gasteiger partial charge in [0.1, 0.15) is 5.82 Å². The molecule has 0 saturated heterocycles. The van der Waals surface area contributed by atoms with Gasteiger partial charge in [0.2, 0.25) is 0 Å². The first-order valence-electron chi connectivity index (χ1n) is 4.60. The van der Waals surface area contributed by atoms with Crippen LogP contribution < -0.4 is 0 Å². The summed E-state index contributed by atoms with van der Waals surface area (Å²) in [5, 5.41) is 8.52. The van der Waals surface area contributed by atoms with Crippen molar-refractivity contribution in [2.75, 3.05) is 0 Å². The molecule has 1 aromatic carbocycles. The van der Waals surface area contributed by atoms with Gasteiger partial charge in [0.05, 0.1) is 12.5 Å². The average Bonchev–Trinajstić information content (AvgIpc) is 2.67. The monoisotopic (exact) mass is 200 g/mol. The summed E-state index contributed by atoms with van der Waals surface area (Å²) in [6, 6.07) is 10.3. The Balaban J connectivity index is 2.34. The Hall–Kier alpha value is -2.08. The normalized spacial score (nSPS) is 9.87. The van der Waals surface area contributed by atoms with Crippen molar-refractivity contribution in [2.45, 2.75) is 6.42 Å². The molecule has 15 heavy (non-hydrogen) atoms. The fraction of sp³-hybridized carbons (Fsp3) is 0.0833. The van der Waals surface area contributed by atoms with E-state index in [2.05, 4.69) is 11.1 Å². The van der Waals surface area contributed by atoms with Crippen LogP contribution in [0.25, 0.3) is 11.3 Å². The lowest BCUT2D eigenvalue weighted by molar-refractivity contribution is 0.628. The van der Waals surface area contributed by atoms with Gasteiger partial charge in [-0.3, -0.25) is 0 Å². The third-order valence-corrected chi connectivity index (χ3v) is 2.16. The number of hydrogen-bond donors (Lipinski definition) is 1. The molecule has 1 aromatic heterocycles. The highest BCUT2D eigenvalue weighted by Crippen LogP contribution is 2.19. The summed E-state index contributed by atoms with van der Waals surface area (Å²) in [4.78, 5) is 3.02. The molecule has 2 aromatic rings. The van der Waals surface area contributed by atoms with Crippen molar-refractivity contribution in [1.82, 2.24) is 4.98 Å². The highest BCUT2D eigenvalue weighted by Gasteiger charge is 2.02. The summed E-state index contributed by atoms with van der Waals surface area (Å²) >= 11 is 0. The molecule has 0 atom stereocenters. The van der Waals surface area contributed by atoms with E-state index >= 15 is 0 Å². The van der Waals surface area contributed by atoms with Crippen LogP contribution in [-0.4, -0.2) is 4.98 Å². The van der Waals surface area contributed by atoms with Crippen LogP contribution in [0.15, 0.2) is 36.5 Å². The number of nitrogens with zero attached hydrogens (tertiary/aromatic N) is 1. The van der Waals surface area contributed by atoms with Crippen molar-refractivity contribution < 1.29 is 4.39 Å². The van der Waals surface area contributed by atoms with Crippen LogP contribution in [-0.2, 0) is 6.42 Å². The van der Waals surface area contributed by atoms with E-state index in [1.165, 1.54) is 12.1 Å². The Kier molecular flexibility index (Phi) is 2.51. The molecule has 1 N–H and O–H groups in total. The van der Waals surface area contributed by atoms with E-state index in [4.69, 9.17) is 5.26 Å². The number of H-pyrrole nitrogens is 1. The third-order valence-electron chi connectivity index (χ3n) is 2.16. The molecule has 3 heteroatoms. The van der Waals surface area contributed by atoms with Gasteiger partial charge in [-0.2, -0.15) is 5.26 Å². The number of aromatic amines is 1. The molecule has 0 radical (unpaired) electrons. The summed E-state index contributed by atoms with van der Waals surface area (Å²) in [5.74, 6) is -0.260. The first kappa shape index (κ1) is 9.47. The molecular formula is C12H9FN2. The van der Waals surface area contributed by atoms with E-state index in [0.29, 0.717) is 6.42 Å². The predicted molar refractivity (Wildman–Crippen MR) is 55.5 cm³/mol. The Morgan fingerprint density at radius 1 is 1.33 bits per heavy atom. The lowest BCUT2D eigenvalue weighted by Crippen LogP contribution is -1.78. The zero-order chi connectivity index (χ0) is 10.7. The molecule has 0 unspecified atom stereocenters. The Bertz CT molecular complexity index is 508. The summed E-state index contributed by atoms with van der Waals surface area (Å²) in [7, 11) is 0. The summed E-state index contributed by atoms with van der Waals surface area (Å²) < 4.78 is 12.9. The second kappa shape index (κ2) is 3.97. The zero-order valence-electron chi connectivity index (χ0n) is 8.00. The fourth-order valence-electron chi connectivity index (χ4n) is 1.46. The maximum atomic E-state index is 12.9. The van der Waals surface area contributed by atoms with E-state index in [-0.39, 0.29) is 5.82 Å². The van der Waals surface area contributed by atoms with Crippen molar-refractivity contribution in [2.24, 2.45) is 0 Å². The second-order valence-electron chi connectivity index (χ2n) is 3.27. The first-order valence-corrected chi connectivity index (χ1v) is 4.60. The molecule has 0 spiro atoms. The van der Waals surface area contributed by atoms with Crippen LogP contribution >= 0.6 is 0 Å². The quantitative estimate of drug-likeness (QED) is 0.795. The summed E-state index contributed by atoms with van der Waals surface area (Å²) in [6.07, 6.45) is 2.13. The number of rotatable bonds is 2. The maximum absolute atomic E-state index is 12.9. The lowest BCUT2D eigenvalue weighted by atomic mass is 10.1. The van der Waals surface area contributed by atoms with Gasteiger partial charge in [0, 0.05) is 17.5 Å². The summed E-state index contributed by atoms with van der Waals surface area (Å²) in [6.45, 7) is 0. The van der Waals surface area contributed by atoms with Gasteiger partial charge >= 0.3 is 0 Å². The first-order chi connectivity index (χ1) is 7.29. The second-order valence-corrected chi connectivity index (χ2v) is 3.27. The van der Waals surface area contributed by atoms with E-state index in [0.717, 1.165) is 16.8 Å². The molecule has 0 saturated carbocycles. The van der Waals surface area contributed by atoms with Crippen LogP contribution in [0, 0.1) is 17.1 Å². The topological polar surface area (TPSA) is 39.6 Å². The van der Waals surface area contributed by atoms with Crippen molar-refractivity contribution in [3.8, 4) is 17.3 Å². The number of nitriles is 1. The smallest absolute Gasteiger partial charge is 0.123 e. The average molecular weight is 200 g/mol. The zero-order valence-corrected chi connectivity index (χ0v) is 8.00. The van der Waals surface area contributed by atoms with Crippen LogP contribution in [0.1, 0.15) is 5.56 Å². The number of nitrogens with one attached hydrogen (secondary N) is 1. The Labute approximate surface area is 87.0 Å². The van der Waals surface area contributed by atoms with Gasteiger partial charge in [-0.25, -0.2) is 4.39 Å². The van der Waals surface area contributed by atoms with Gasteiger partial charge in [-0.05, 0) is 23.8 Å². The van der Waals surface area contributed by atoms with Crippen molar-refractivity contribution >= 4 is 0 Å². The van der Waals surface area contributed by atoms with Crippen molar-refractivity contribution in [3.63, 3.8) is 0 Å². The SMILES string of the molecule is N#CCc1c[nH]c(-c2cccc(F)c2)c1. The van der Waals surface area contributed by atoms with Gasteiger partial charge in [0.15, 0.2) is 0 Å². The number of halogens is 1. The molecular weight excluding hydrogens is 191 g/mol. The molecule has 0 aliphatic carbocycles. The van der Waals surface area contributed by atoms with Crippen LogP contribution in [0.3, 0.4) is 0 Å². The molecule has 1 heterocycles. The molecule has 2 nitrogen and oxygen atoms in total. The molecule has 0 amide bonds. The number of hydrogen-bond acceptors (Lipinski definition) is 1. The van der Waals surface area contributed by atoms with Gasteiger partial charge < -0.3 is 4.98 Å². The lowest BCUT2D eigenvalue weighted by Gasteiger charge is -1.96. The van der Waals surface area contributed by atoms with E-state index < -0.39 is 0 Å². The van der Waals surface area contributed by atoms with Gasteiger partial charge in [0.25, 0.3) is 0 Å². The van der Waals surface area contributed by atoms with Crippen LogP contribution in [0.4, 0.5) is 4.39 Å². The highest BCUT2D eigenvalue weighted by atomic mass is 19.1. The van der Waals surface area contributed by atoms with E-state index in [1.807, 2.05) is 12.1 Å². The fourth-order valence-corrected chi connectivity index (χ4v) is 1.46. The van der Waals surface area contributed by atoms with Crippen LogP contribution in [0.5, 0.6) is 0 Å². The third kappa shape index (κ3) is 2.05. The molecule has 74 valence electrons. The number of aromatic nitrogens is 1. The molecule has 0 aliphatic heterocycles. The molecule has 0 aliphatic rings. The standard InChI is InChI=1S/C12H9FN2/c13-11-3-1-2-10(7-11)12-6-9(4-5-14)8-15-12/h1-3,6-8,15H,4H2. The Morgan fingerprint density at radius 3 is 2.93 bits per heavy atom. The van der Waals surface area contributed by atoms with Crippen LogP contribution in [0.2, 0.25) is 0 Å². The summed E-state index contributed by atoms with van der Waals surface area (Å²) in [5.41, 5.74) is 2.54. The number of benzene rings is 1. The minimum absolute atomic E-state index is 0.260. The van der Waals surface area contributed by atoms with Crippen molar-refractivity contribution in [3.05, 3.63) is 47.9 Å². The van der Waals surface area contributed by atoms with Gasteiger partial charge in [-0.15, -0.1) is 0 Å². The highest BCUT2D eigenvalue weighted by molar-refractivity contribution is 5.60. The van der Waals surface area contributed by atoms with E-state index in [1.54, 1.807) is 12.3 Å². The largest absolute Gasteiger partial charge is 0.361 e.